The molecule has 0 aliphatic heterocycles. The van der Waals surface area contributed by atoms with Crippen LogP contribution in [-0.2, 0) is 9.59 Å². The summed E-state index contributed by atoms with van der Waals surface area (Å²) in [6.45, 7) is 6.75. The SMILES string of the molecule is CCCCC/C=C\C/C=C\CCCCCCCCC(O)(C(O)C(=O)CCCCCCCCCCCCCCC)C(O)C(=O)CCCCCCCCCCCCCCC. The van der Waals surface area contributed by atoms with Crippen molar-refractivity contribution >= 4 is 11.6 Å². The number of rotatable bonds is 47. The van der Waals surface area contributed by atoms with E-state index in [1.54, 1.807) is 0 Å². The van der Waals surface area contributed by atoms with E-state index in [4.69, 9.17) is 0 Å². The van der Waals surface area contributed by atoms with Gasteiger partial charge in [-0.2, -0.15) is 0 Å². The van der Waals surface area contributed by atoms with Crippen LogP contribution in [0.5, 0.6) is 0 Å². The summed E-state index contributed by atoms with van der Waals surface area (Å²) in [7, 11) is 0. The Morgan fingerprint density at radius 1 is 0.379 bits per heavy atom. The minimum Gasteiger partial charge on any atom is -0.383 e. The molecule has 5 heteroatoms. The highest BCUT2D eigenvalue weighted by atomic mass is 16.4. The zero-order chi connectivity index (χ0) is 42.6. The number of unbranched alkanes of at least 4 members (excludes halogenated alkanes) is 33. The molecule has 0 fully saturated rings. The minimum absolute atomic E-state index is 0.0543. The highest BCUT2D eigenvalue weighted by Crippen LogP contribution is 2.28. The van der Waals surface area contributed by atoms with Crippen LogP contribution in [0.25, 0.3) is 0 Å². The van der Waals surface area contributed by atoms with Crippen molar-refractivity contribution < 1.29 is 24.9 Å². The van der Waals surface area contributed by atoms with Gasteiger partial charge in [-0.05, 0) is 51.4 Å². The summed E-state index contributed by atoms with van der Waals surface area (Å²) < 4.78 is 0. The van der Waals surface area contributed by atoms with Gasteiger partial charge >= 0.3 is 0 Å². The topological polar surface area (TPSA) is 94.8 Å². The second-order valence-electron chi connectivity index (χ2n) is 18.0. The fraction of sp³-hybridized carbons (Fsp3) is 0.887. The van der Waals surface area contributed by atoms with E-state index in [2.05, 4.69) is 45.1 Å². The van der Waals surface area contributed by atoms with E-state index in [1.165, 1.54) is 141 Å². The van der Waals surface area contributed by atoms with E-state index in [0.717, 1.165) is 83.5 Å². The van der Waals surface area contributed by atoms with Crippen LogP contribution in [0.4, 0.5) is 0 Å². The first kappa shape index (κ1) is 56.7. The van der Waals surface area contributed by atoms with Crippen molar-refractivity contribution in [1.29, 1.82) is 0 Å². The summed E-state index contributed by atoms with van der Waals surface area (Å²) >= 11 is 0. The lowest BCUT2D eigenvalue weighted by Gasteiger charge is -2.36. The molecule has 342 valence electrons. The van der Waals surface area contributed by atoms with Crippen molar-refractivity contribution in [2.45, 2.75) is 302 Å². The van der Waals surface area contributed by atoms with Gasteiger partial charge in [0.2, 0.25) is 0 Å². The maximum Gasteiger partial charge on any atom is 0.164 e. The average Bonchev–Trinajstić information content (AvgIpc) is 3.23. The molecule has 5 nitrogen and oxygen atoms in total. The van der Waals surface area contributed by atoms with Gasteiger partial charge in [-0.1, -0.05) is 244 Å². The first-order valence-corrected chi connectivity index (χ1v) is 25.8. The number of hydrogen-bond acceptors (Lipinski definition) is 5. The molecule has 2 atom stereocenters. The molecule has 0 saturated heterocycles. The largest absolute Gasteiger partial charge is 0.383 e. The van der Waals surface area contributed by atoms with Gasteiger partial charge in [-0.25, -0.2) is 0 Å². The molecule has 0 aromatic heterocycles. The van der Waals surface area contributed by atoms with E-state index in [-0.39, 0.29) is 19.3 Å². The van der Waals surface area contributed by atoms with Gasteiger partial charge in [0, 0.05) is 12.8 Å². The summed E-state index contributed by atoms with van der Waals surface area (Å²) in [5, 5.41) is 34.2. The molecule has 0 aromatic rings. The summed E-state index contributed by atoms with van der Waals surface area (Å²) in [5.41, 5.74) is -2.13. The normalized spacial score (nSPS) is 14.1. The van der Waals surface area contributed by atoms with Gasteiger partial charge in [-0.3, -0.25) is 9.59 Å². The molecule has 0 aliphatic rings. The number of Topliss-reactive ketones (excluding diaryl/α,β-unsaturated/α-hetero) is 2. The predicted molar refractivity (Wildman–Crippen MR) is 252 cm³/mol. The monoisotopic (exact) mass is 817 g/mol. The van der Waals surface area contributed by atoms with Crippen LogP contribution in [-0.4, -0.2) is 44.7 Å². The first-order valence-electron chi connectivity index (χ1n) is 25.8. The molecule has 3 N–H and O–H groups in total. The van der Waals surface area contributed by atoms with Gasteiger partial charge in [0.1, 0.15) is 17.8 Å². The van der Waals surface area contributed by atoms with E-state index in [0.29, 0.717) is 19.3 Å². The Kier molecular flexibility index (Phi) is 42.8. The Bertz CT molecular complexity index is 893. The minimum atomic E-state index is -2.13. The molecule has 0 spiro atoms. The number of aliphatic hydroxyl groups is 3. The maximum absolute atomic E-state index is 13.2. The lowest BCUT2D eigenvalue weighted by atomic mass is 9.79. The second kappa shape index (κ2) is 43.8. The highest BCUT2D eigenvalue weighted by molar-refractivity contribution is 5.88. The molecular formula is C53H100O5. The number of ketones is 2. The molecule has 0 radical (unpaired) electrons. The summed E-state index contributed by atoms with van der Waals surface area (Å²) in [6, 6.07) is 0. The number of aliphatic hydroxyl groups excluding tert-OH is 2. The standard InChI is InChI=1S/C53H100O5/c1-4-7-10-13-16-19-22-25-26-27-30-33-36-39-42-45-48-53(58,51(56)49(54)46-43-40-37-34-31-28-23-20-17-14-11-8-5-2)52(57)50(55)47-44-41-38-35-32-29-24-21-18-15-12-9-6-3/h16,19,25-26,51-52,56-58H,4-15,17-18,20-24,27-48H2,1-3H3/b19-16-,26-25-. The number of allylic oxidation sites excluding steroid dienone is 4. The number of carbonyl (C=O) groups is 2. The fourth-order valence-electron chi connectivity index (χ4n) is 8.28. The van der Waals surface area contributed by atoms with Crippen molar-refractivity contribution in [1.82, 2.24) is 0 Å². The molecule has 58 heavy (non-hydrogen) atoms. The lowest BCUT2D eigenvalue weighted by Crippen LogP contribution is -2.58. The predicted octanol–water partition coefficient (Wildman–Crippen LogP) is 15.7. The Morgan fingerprint density at radius 3 is 0.983 bits per heavy atom. The Balaban J connectivity index is 4.68. The fourth-order valence-corrected chi connectivity index (χ4v) is 8.28. The molecule has 0 bridgehead atoms. The van der Waals surface area contributed by atoms with Crippen molar-refractivity contribution in [3.05, 3.63) is 24.3 Å². The Morgan fingerprint density at radius 2 is 0.638 bits per heavy atom. The third-order valence-electron chi connectivity index (χ3n) is 12.4. The van der Waals surface area contributed by atoms with E-state index >= 15 is 0 Å². The zero-order valence-electron chi connectivity index (χ0n) is 39.1. The lowest BCUT2D eigenvalue weighted by molar-refractivity contribution is -0.174. The Labute approximate surface area is 361 Å². The van der Waals surface area contributed by atoms with Gasteiger partial charge < -0.3 is 15.3 Å². The van der Waals surface area contributed by atoms with Crippen molar-refractivity contribution in [2.24, 2.45) is 0 Å². The van der Waals surface area contributed by atoms with Crippen LogP contribution in [0.3, 0.4) is 0 Å². The molecule has 0 heterocycles. The van der Waals surface area contributed by atoms with Gasteiger partial charge in [0.15, 0.2) is 11.6 Å². The second-order valence-corrected chi connectivity index (χ2v) is 18.0. The van der Waals surface area contributed by atoms with E-state index in [9.17, 15) is 24.9 Å². The molecule has 0 saturated carbocycles. The van der Waals surface area contributed by atoms with E-state index in [1.807, 2.05) is 0 Å². The summed E-state index contributed by atoms with van der Waals surface area (Å²) in [6.07, 6.45) is 50.3. The van der Waals surface area contributed by atoms with Crippen LogP contribution >= 0.6 is 0 Å². The third-order valence-corrected chi connectivity index (χ3v) is 12.4. The molecule has 0 amide bonds. The van der Waals surface area contributed by atoms with Crippen molar-refractivity contribution in [3.63, 3.8) is 0 Å². The van der Waals surface area contributed by atoms with Gasteiger partial charge in [-0.15, -0.1) is 0 Å². The quantitative estimate of drug-likeness (QED) is 0.0420. The van der Waals surface area contributed by atoms with Crippen LogP contribution < -0.4 is 0 Å². The summed E-state index contributed by atoms with van der Waals surface area (Å²) in [5.74, 6) is -0.892. The van der Waals surface area contributed by atoms with Gasteiger partial charge in [0.25, 0.3) is 0 Å². The van der Waals surface area contributed by atoms with Crippen LogP contribution in [0.1, 0.15) is 284 Å². The smallest absolute Gasteiger partial charge is 0.164 e. The van der Waals surface area contributed by atoms with Crippen molar-refractivity contribution in [2.75, 3.05) is 0 Å². The van der Waals surface area contributed by atoms with Crippen LogP contribution in [0.2, 0.25) is 0 Å². The molecule has 0 aromatic carbocycles. The molecular weight excluding hydrogens is 717 g/mol. The first-order chi connectivity index (χ1) is 28.3. The summed E-state index contributed by atoms with van der Waals surface area (Å²) in [4.78, 5) is 26.5. The van der Waals surface area contributed by atoms with Crippen molar-refractivity contribution in [3.8, 4) is 0 Å². The van der Waals surface area contributed by atoms with Crippen LogP contribution in [0.15, 0.2) is 24.3 Å². The Hall–Kier alpha value is -1.30. The highest BCUT2D eigenvalue weighted by Gasteiger charge is 2.48. The number of carbonyl (C=O) groups excluding carboxylic acids is 2. The molecule has 0 aliphatic carbocycles. The van der Waals surface area contributed by atoms with Crippen LogP contribution in [0, 0.1) is 0 Å². The average molecular weight is 817 g/mol. The maximum atomic E-state index is 13.2. The zero-order valence-corrected chi connectivity index (χ0v) is 39.1. The molecule has 2 unspecified atom stereocenters. The van der Waals surface area contributed by atoms with E-state index < -0.39 is 29.4 Å². The number of hydrogen-bond donors (Lipinski definition) is 3. The third kappa shape index (κ3) is 34.4. The molecule has 0 rings (SSSR count). The van der Waals surface area contributed by atoms with Gasteiger partial charge in [0.05, 0.1) is 0 Å².